The van der Waals surface area contributed by atoms with E-state index >= 15 is 0 Å². The third-order valence-corrected chi connectivity index (χ3v) is 4.19. The molecule has 1 aromatic rings. The van der Waals surface area contributed by atoms with Gasteiger partial charge in [-0.15, -0.1) is 11.3 Å². The predicted octanol–water partition coefficient (Wildman–Crippen LogP) is 1.64. The molecule has 0 aromatic carbocycles. The Bertz CT molecular complexity index is 464. The summed E-state index contributed by atoms with van der Waals surface area (Å²) in [6.07, 6.45) is 4.29. The van der Waals surface area contributed by atoms with Crippen molar-refractivity contribution in [2.24, 2.45) is 5.92 Å². The van der Waals surface area contributed by atoms with Crippen molar-refractivity contribution in [1.82, 2.24) is 4.98 Å². The van der Waals surface area contributed by atoms with Gasteiger partial charge in [-0.1, -0.05) is 6.92 Å². The zero-order valence-electron chi connectivity index (χ0n) is 8.78. The van der Waals surface area contributed by atoms with Gasteiger partial charge in [-0.3, -0.25) is 4.72 Å². The van der Waals surface area contributed by atoms with Crippen molar-refractivity contribution in [2.75, 3.05) is 11.0 Å². The minimum absolute atomic E-state index is 0.511. The Labute approximate surface area is 93.8 Å². The Hall–Kier alpha value is -0.620. The fraction of sp³-hybridized carbons (Fsp3) is 0.667. The van der Waals surface area contributed by atoms with Crippen molar-refractivity contribution >= 4 is 26.5 Å². The summed E-state index contributed by atoms with van der Waals surface area (Å²) < 4.78 is 24.5. The molecule has 1 aliphatic carbocycles. The maximum absolute atomic E-state index is 11.0. The molecule has 4 nitrogen and oxygen atoms in total. The first-order valence-electron chi connectivity index (χ1n) is 4.90. The second-order valence-electron chi connectivity index (χ2n) is 4.11. The van der Waals surface area contributed by atoms with Gasteiger partial charge in [0.15, 0.2) is 5.13 Å². The smallest absolute Gasteiger partial charge is 0.231 e. The fourth-order valence-corrected chi connectivity index (χ4v) is 3.75. The number of thiazole rings is 1. The molecule has 0 aliphatic heterocycles. The van der Waals surface area contributed by atoms with E-state index in [4.69, 9.17) is 0 Å². The Kier molecular flexibility index (Phi) is 2.72. The second kappa shape index (κ2) is 3.75. The van der Waals surface area contributed by atoms with Crippen molar-refractivity contribution in [3.05, 3.63) is 10.6 Å². The molecule has 15 heavy (non-hydrogen) atoms. The molecule has 1 heterocycles. The van der Waals surface area contributed by atoms with E-state index in [-0.39, 0.29) is 0 Å². The highest BCUT2D eigenvalue weighted by molar-refractivity contribution is 7.92. The number of nitrogens with zero attached hydrogens (tertiary/aromatic N) is 1. The van der Waals surface area contributed by atoms with Crippen LogP contribution in [-0.2, 0) is 22.9 Å². The summed E-state index contributed by atoms with van der Waals surface area (Å²) in [5, 5.41) is 0.511. The standard InChI is InChI=1S/C9H14N2O2S2/c1-6-3-4-7-8(5-6)14-9(10-7)11-15(2,12)13/h6H,3-5H2,1-2H3,(H,10,11). The Morgan fingerprint density at radius 2 is 2.27 bits per heavy atom. The number of fused-ring (bicyclic) bond motifs is 1. The van der Waals surface area contributed by atoms with Crippen molar-refractivity contribution in [3.63, 3.8) is 0 Å². The van der Waals surface area contributed by atoms with E-state index in [1.54, 1.807) is 0 Å². The summed E-state index contributed by atoms with van der Waals surface area (Å²) in [7, 11) is -3.19. The Morgan fingerprint density at radius 1 is 1.53 bits per heavy atom. The molecule has 0 saturated carbocycles. The molecule has 0 radical (unpaired) electrons. The van der Waals surface area contributed by atoms with E-state index < -0.39 is 10.0 Å². The first-order chi connectivity index (χ1) is 6.94. The number of hydrogen-bond acceptors (Lipinski definition) is 4. The molecule has 0 saturated heterocycles. The molecule has 0 bridgehead atoms. The molecular weight excluding hydrogens is 232 g/mol. The normalized spacial score (nSPS) is 21.1. The minimum atomic E-state index is -3.19. The summed E-state index contributed by atoms with van der Waals surface area (Å²) in [6.45, 7) is 2.21. The molecular formula is C9H14N2O2S2. The average Bonchev–Trinajstić information content (AvgIpc) is 2.42. The number of rotatable bonds is 2. The molecule has 1 atom stereocenters. The predicted molar refractivity (Wildman–Crippen MR) is 61.8 cm³/mol. The molecule has 6 heteroatoms. The van der Waals surface area contributed by atoms with Crippen LogP contribution >= 0.6 is 11.3 Å². The SMILES string of the molecule is CC1CCc2nc(NS(C)(=O)=O)sc2C1. The van der Waals surface area contributed by atoms with Crippen LogP contribution < -0.4 is 4.72 Å². The van der Waals surface area contributed by atoms with Crippen molar-refractivity contribution < 1.29 is 8.42 Å². The second-order valence-corrected chi connectivity index (χ2v) is 6.94. The van der Waals surface area contributed by atoms with Gasteiger partial charge in [-0.2, -0.15) is 0 Å². The van der Waals surface area contributed by atoms with Gasteiger partial charge in [0.2, 0.25) is 10.0 Å². The van der Waals surface area contributed by atoms with Gasteiger partial charge < -0.3 is 0 Å². The monoisotopic (exact) mass is 246 g/mol. The lowest BCUT2D eigenvalue weighted by molar-refractivity contribution is 0.502. The third-order valence-electron chi connectivity index (χ3n) is 2.46. The van der Waals surface area contributed by atoms with Crippen LogP contribution in [0.4, 0.5) is 5.13 Å². The summed E-state index contributed by atoms with van der Waals surface area (Å²) >= 11 is 1.46. The summed E-state index contributed by atoms with van der Waals surface area (Å²) in [5.74, 6) is 0.684. The highest BCUT2D eigenvalue weighted by atomic mass is 32.2. The fourth-order valence-electron chi connectivity index (χ4n) is 1.74. The summed E-state index contributed by atoms with van der Waals surface area (Å²) in [5.41, 5.74) is 1.07. The quantitative estimate of drug-likeness (QED) is 0.863. The lowest BCUT2D eigenvalue weighted by Gasteiger charge is -2.15. The lowest BCUT2D eigenvalue weighted by atomic mass is 9.93. The molecule has 1 unspecified atom stereocenters. The molecule has 1 aliphatic rings. The largest absolute Gasteiger partial charge is 0.259 e. The van der Waals surface area contributed by atoms with Crippen LogP contribution in [0, 0.1) is 5.92 Å². The number of hydrogen-bond donors (Lipinski definition) is 1. The van der Waals surface area contributed by atoms with Gasteiger partial charge in [0.25, 0.3) is 0 Å². The lowest BCUT2D eigenvalue weighted by Crippen LogP contribution is -2.10. The number of aromatic nitrogens is 1. The zero-order chi connectivity index (χ0) is 11.1. The van der Waals surface area contributed by atoms with Crippen molar-refractivity contribution in [1.29, 1.82) is 0 Å². The third kappa shape index (κ3) is 2.69. The molecule has 84 valence electrons. The van der Waals surface area contributed by atoms with Crippen LogP contribution in [0.2, 0.25) is 0 Å². The number of sulfonamides is 1. The number of nitrogens with one attached hydrogen (secondary N) is 1. The molecule has 1 aromatic heterocycles. The Morgan fingerprint density at radius 3 is 2.93 bits per heavy atom. The van der Waals surface area contributed by atoms with Crippen LogP contribution in [0.25, 0.3) is 0 Å². The van der Waals surface area contributed by atoms with E-state index in [0.717, 1.165) is 31.2 Å². The molecule has 1 N–H and O–H groups in total. The summed E-state index contributed by atoms with van der Waals surface area (Å²) in [6, 6.07) is 0. The van der Waals surface area contributed by atoms with Crippen LogP contribution in [0.3, 0.4) is 0 Å². The van der Waals surface area contributed by atoms with E-state index in [1.165, 1.54) is 16.2 Å². The first kappa shape index (κ1) is 10.9. The van der Waals surface area contributed by atoms with Gasteiger partial charge >= 0.3 is 0 Å². The van der Waals surface area contributed by atoms with Crippen molar-refractivity contribution in [3.8, 4) is 0 Å². The van der Waals surface area contributed by atoms with Gasteiger partial charge in [0.05, 0.1) is 11.9 Å². The van der Waals surface area contributed by atoms with E-state index in [0.29, 0.717) is 11.0 Å². The van der Waals surface area contributed by atoms with E-state index in [2.05, 4.69) is 16.6 Å². The van der Waals surface area contributed by atoms with Gasteiger partial charge in [-0.05, 0) is 25.2 Å². The highest BCUT2D eigenvalue weighted by Gasteiger charge is 2.20. The molecule has 0 spiro atoms. The maximum atomic E-state index is 11.0. The van der Waals surface area contributed by atoms with Crippen LogP contribution in [0.15, 0.2) is 0 Å². The molecule has 2 rings (SSSR count). The van der Waals surface area contributed by atoms with E-state index in [1.807, 2.05) is 0 Å². The summed E-state index contributed by atoms with van der Waals surface area (Å²) in [4.78, 5) is 5.53. The maximum Gasteiger partial charge on any atom is 0.231 e. The first-order valence-corrected chi connectivity index (χ1v) is 7.61. The molecule has 0 fully saturated rings. The van der Waals surface area contributed by atoms with Crippen LogP contribution in [0.5, 0.6) is 0 Å². The average molecular weight is 246 g/mol. The van der Waals surface area contributed by atoms with Crippen LogP contribution in [0.1, 0.15) is 23.9 Å². The van der Waals surface area contributed by atoms with Gasteiger partial charge in [0.1, 0.15) is 0 Å². The molecule has 0 amide bonds. The zero-order valence-corrected chi connectivity index (χ0v) is 10.4. The van der Waals surface area contributed by atoms with E-state index in [9.17, 15) is 8.42 Å². The number of aryl methyl sites for hydroxylation is 1. The minimum Gasteiger partial charge on any atom is -0.259 e. The van der Waals surface area contributed by atoms with Gasteiger partial charge in [-0.25, -0.2) is 13.4 Å². The topological polar surface area (TPSA) is 59.1 Å². The Balaban J connectivity index is 2.23. The number of anilines is 1. The van der Waals surface area contributed by atoms with Crippen molar-refractivity contribution in [2.45, 2.75) is 26.2 Å². The van der Waals surface area contributed by atoms with Gasteiger partial charge in [0, 0.05) is 4.88 Å². The highest BCUT2D eigenvalue weighted by Crippen LogP contribution is 2.32. The van der Waals surface area contributed by atoms with Crippen LogP contribution in [-0.4, -0.2) is 19.7 Å².